The summed E-state index contributed by atoms with van der Waals surface area (Å²) in [6.45, 7) is 6.16. The standard InChI is InChI=1S/C19H30N4O4.HI/c1-3-19(10-5-11-19)14-22-18(20-4-2)21-12-16(24)13-27-17-8-6-15(7-9-17)23(25)26;/h6-9,16,24H,3-5,10-14H2,1-2H3,(H2,20,21,22);1H. The molecular weight excluding hydrogens is 475 g/mol. The Balaban J connectivity index is 0.00000392. The van der Waals surface area contributed by atoms with E-state index in [1.807, 2.05) is 6.92 Å². The van der Waals surface area contributed by atoms with Gasteiger partial charge in [-0.15, -0.1) is 24.0 Å². The molecule has 0 radical (unpaired) electrons. The van der Waals surface area contributed by atoms with Crippen molar-refractivity contribution in [3.63, 3.8) is 0 Å². The zero-order valence-corrected chi connectivity index (χ0v) is 18.8. The summed E-state index contributed by atoms with van der Waals surface area (Å²) >= 11 is 0. The Morgan fingerprint density at radius 3 is 2.50 bits per heavy atom. The number of halogens is 1. The van der Waals surface area contributed by atoms with Crippen molar-refractivity contribution in [2.24, 2.45) is 10.4 Å². The molecule has 9 heteroatoms. The van der Waals surface area contributed by atoms with Crippen molar-refractivity contribution in [3.05, 3.63) is 34.4 Å². The molecule has 1 unspecified atom stereocenters. The number of guanidine groups is 1. The fourth-order valence-electron chi connectivity index (χ4n) is 3.02. The molecule has 1 atom stereocenters. The van der Waals surface area contributed by atoms with Crippen molar-refractivity contribution in [1.82, 2.24) is 10.6 Å². The second-order valence-electron chi connectivity index (χ2n) is 7.00. The van der Waals surface area contributed by atoms with Crippen LogP contribution in [0, 0.1) is 15.5 Å². The molecule has 0 heterocycles. The van der Waals surface area contributed by atoms with E-state index in [1.165, 1.54) is 43.5 Å². The molecule has 3 N–H and O–H groups in total. The molecule has 0 amide bonds. The number of benzene rings is 1. The SMILES string of the molecule is CCNC(=NCC1(CC)CCC1)NCC(O)COc1ccc([N+](=O)[O-])cc1.I. The van der Waals surface area contributed by atoms with E-state index in [0.717, 1.165) is 19.5 Å². The first-order chi connectivity index (χ1) is 13.0. The van der Waals surface area contributed by atoms with Crippen LogP contribution in [0.2, 0.25) is 0 Å². The van der Waals surface area contributed by atoms with Crippen molar-refractivity contribution >= 4 is 35.6 Å². The number of hydrogen-bond donors (Lipinski definition) is 3. The van der Waals surface area contributed by atoms with Crippen LogP contribution in [0.1, 0.15) is 39.5 Å². The molecule has 8 nitrogen and oxygen atoms in total. The van der Waals surface area contributed by atoms with Gasteiger partial charge in [-0.1, -0.05) is 13.3 Å². The van der Waals surface area contributed by atoms with Gasteiger partial charge in [0.05, 0.1) is 4.92 Å². The molecule has 1 saturated carbocycles. The molecule has 1 aromatic rings. The number of nitrogens with zero attached hydrogens (tertiary/aromatic N) is 2. The Hall–Kier alpha value is -1.62. The van der Waals surface area contributed by atoms with Crippen molar-refractivity contribution in [3.8, 4) is 5.75 Å². The Kier molecular flexibility index (Phi) is 10.5. The van der Waals surface area contributed by atoms with E-state index in [2.05, 4.69) is 22.5 Å². The van der Waals surface area contributed by atoms with Crippen LogP contribution >= 0.6 is 24.0 Å². The van der Waals surface area contributed by atoms with E-state index < -0.39 is 11.0 Å². The molecule has 28 heavy (non-hydrogen) atoms. The maximum atomic E-state index is 10.6. The summed E-state index contributed by atoms with van der Waals surface area (Å²) in [5, 5.41) is 27.1. The third-order valence-corrected chi connectivity index (χ3v) is 5.08. The van der Waals surface area contributed by atoms with Crippen LogP contribution in [0.4, 0.5) is 5.69 Å². The fraction of sp³-hybridized carbons (Fsp3) is 0.632. The van der Waals surface area contributed by atoms with Crippen molar-refractivity contribution in [2.45, 2.75) is 45.6 Å². The van der Waals surface area contributed by atoms with Gasteiger partial charge in [0.1, 0.15) is 18.5 Å². The van der Waals surface area contributed by atoms with Crippen molar-refractivity contribution < 1.29 is 14.8 Å². The maximum absolute atomic E-state index is 10.6. The second kappa shape index (κ2) is 12.1. The minimum Gasteiger partial charge on any atom is -0.491 e. The summed E-state index contributed by atoms with van der Waals surface area (Å²) < 4.78 is 5.48. The summed E-state index contributed by atoms with van der Waals surface area (Å²) in [6, 6.07) is 5.79. The highest BCUT2D eigenvalue weighted by molar-refractivity contribution is 14.0. The average molecular weight is 506 g/mol. The van der Waals surface area contributed by atoms with E-state index in [0.29, 0.717) is 23.7 Å². The number of nitrogens with one attached hydrogen (secondary N) is 2. The molecule has 0 saturated heterocycles. The van der Waals surface area contributed by atoms with Crippen LogP contribution in [-0.2, 0) is 0 Å². The van der Waals surface area contributed by atoms with Gasteiger partial charge in [0.25, 0.3) is 5.69 Å². The van der Waals surface area contributed by atoms with Gasteiger partial charge in [0.2, 0.25) is 0 Å². The highest BCUT2D eigenvalue weighted by Crippen LogP contribution is 2.43. The van der Waals surface area contributed by atoms with Gasteiger partial charge in [-0.25, -0.2) is 0 Å². The lowest BCUT2D eigenvalue weighted by molar-refractivity contribution is -0.384. The van der Waals surface area contributed by atoms with E-state index in [1.54, 1.807) is 0 Å². The Morgan fingerprint density at radius 2 is 2.00 bits per heavy atom. The van der Waals surface area contributed by atoms with Gasteiger partial charge in [0, 0.05) is 31.8 Å². The molecule has 0 aromatic heterocycles. The summed E-state index contributed by atoms with van der Waals surface area (Å²) in [4.78, 5) is 14.8. The number of hydrogen-bond acceptors (Lipinski definition) is 5. The molecule has 1 aromatic carbocycles. The highest BCUT2D eigenvalue weighted by atomic mass is 127. The van der Waals surface area contributed by atoms with Crippen molar-refractivity contribution in [2.75, 3.05) is 26.2 Å². The first kappa shape index (κ1) is 24.4. The van der Waals surface area contributed by atoms with E-state index in [-0.39, 0.29) is 36.3 Å². The maximum Gasteiger partial charge on any atom is 0.269 e. The molecule has 2 rings (SSSR count). The van der Waals surface area contributed by atoms with Crippen LogP contribution in [-0.4, -0.2) is 48.3 Å². The summed E-state index contributed by atoms with van der Waals surface area (Å²) in [5.74, 6) is 1.18. The monoisotopic (exact) mass is 506 g/mol. The van der Waals surface area contributed by atoms with Crippen LogP contribution in [0.5, 0.6) is 5.75 Å². The number of rotatable bonds is 10. The molecule has 1 aliphatic rings. The minimum atomic E-state index is -0.729. The first-order valence-corrected chi connectivity index (χ1v) is 9.55. The molecule has 1 fully saturated rings. The predicted molar refractivity (Wildman–Crippen MR) is 121 cm³/mol. The second-order valence-corrected chi connectivity index (χ2v) is 7.00. The summed E-state index contributed by atoms with van der Waals surface area (Å²) in [7, 11) is 0. The third kappa shape index (κ3) is 7.42. The molecular formula is C19H31IN4O4. The van der Waals surface area contributed by atoms with Gasteiger partial charge in [-0.05, 0) is 43.7 Å². The van der Waals surface area contributed by atoms with E-state index >= 15 is 0 Å². The number of nitro groups is 1. The molecule has 1 aliphatic carbocycles. The molecule has 0 bridgehead atoms. The lowest BCUT2D eigenvalue weighted by Gasteiger charge is -2.40. The van der Waals surface area contributed by atoms with Crippen LogP contribution in [0.15, 0.2) is 29.3 Å². The number of nitro benzene ring substituents is 1. The minimum absolute atomic E-state index is 0. The number of aliphatic hydroxyl groups excluding tert-OH is 1. The van der Waals surface area contributed by atoms with Crippen LogP contribution < -0.4 is 15.4 Å². The fourth-order valence-corrected chi connectivity index (χ4v) is 3.02. The molecule has 0 spiro atoms. The smallest absolute Gasteiger partial charge is 0.269 e. The lowest BCUT2D eigenvalue weighted by atomic mass is 9.67. The summed E-state index contributed by atoms with van der Waals surface area (Å²) in [5.41, 5.74) is 0.354. The van der Waals surface area contributed by atoms with Gasteiger partial charge in [0.15, 0.2) is 5.96 Å². The van der Waals surface area contributed by atoms with Crippen LogP contribution in [0.25, 0.3) is 0 Å². The summed E-state index contributed by atoms with van der Waals surface area (Å²) in [6.07, 6.45) is 4.16. The van der Waals surface area contributed by atoms with Gasteiger partial charge in [-0.2, -0.15) is 0 Å². The molecule has 158 valence electrons. The Morgan fingerprint density at radius 1 is 1.32 bits per heavy atom. The number of aliphatic hydroxyl groups is 1. The average Bonchev–Trinajstić information content (AvgIpc) is 2.64. The largest absolute Gasteiger partial charge is 0.491 e. The quantitative estimate of drug-likeness (QED) is 0.148. The van der Waals surface area contributed by atoms with Gasteiger partial charge < -0.3 is 20.5 Å². The normalized spacial score (nSPS) is 16.3. The van der Waals surface area contributed by atoms with Gasteiger partial charge >= 0.3 is 0 Å². The van der Waals surface area contributed by atoms with E-state index in [9.17, 15) is 15.2 Å². The van der Waals surface area contributed by atoms with E-state index in [4.69, 9.17) is 4.74 Å². The number of aliphatic imine (C=N–C) groups is 1. The molecule has 0 aliphatic heterocycles. The predicted octanol–water partition coefficient (Wildman–Crippen LogP) is 3.09. The Labute approximate surface area is 183 Å². The highest BCUT2D eigenvalue weighted by Gasteiger charge is 2.34. The number of non-ortho nitro benzene ring substituents is 1. The third-order valence-electron chi connectivity index (χ3n) is 5.08. The van der Waals surface area contributed by atoms with Gasteiger partial charge in [-0.3, -0.25) is 15.1 Å². The first-order valence-electron chi connectivity index (χ1n) is 9.55. The Bertz CT molecular complexity index is 630. The number of ether oxygens (including phenoxy) is 1. The zero-order valence-electron chi connectivity index (χ0n) is 16.5. The van der Waals surface area contributed by atoms with Crippen molar-refractivity contribution in [1.29, 1.82) is 0 Å². The lowest BCUT2D eigenvalue weighted by Crippen LogP contribution is -2.43. The topological polar surface area (TPSA) is 109 Å². The van der Waals surface area contributed by atoms with Crippen LogP contribution in [0.3, 0.4) is 0 Å². The zero-order chi connectivity index (χ0) is 19.7.